The molecule has 0 saturated carbocycles. The van der Waals surface area contributed by atoms with Gasteiger partial charge < -0.3 is 10.1 Å². The molecule has 0 bridgehead atoms. The molecule has 0 spiro atoms. The molecular formula is C20H22N2O3S. The average molecular weight is 370 g/mol. The topological polar surface area (TPSA) is 58.6 Å². The molecule has 0 radical (unpaired) electrons. The summed E-state index contributed by atoms with van der Waals surface area (Å²) < 4.78 is 4.81. The summed E-state index contributed by atoms with van der Waals surface area (Å²) in [5, 5.41) is 2.71. The lowest BCUT2D eigenvalue weighted by Gasteiger charge is -2.25. The Bertz CT molecular complexity index is 820. The third-order valence-corrected chi connectivity index (χ3v) is 5.60. The largest absolute Gasteiger partial charge is 0.375 e. The number of anilines is 2. The molecule has 3 rings (SSSR count). The Hall–Kier alpha value is -2.31. The number of nitrogens with one attached hydrogen (secondary N) is 1. The van der Waals surface area contributed by atoms with Crippen LogP contribution in [0.4, 0.5) is 11.4 Å². The van der Waals surface area contributed by atoms with Crippen LogP contribution in [0.1, 0.15) is 22.1 Å². The molecule has 1 N–H and O–H groups in total. The van der Waals surface area contributed by atoms with Crippen LogP contribution in [0.2, 0.25) is 0 Å². The Balaban J connectivity index is 1.82. The van der Waals surface area contributed by atoms with Gasteiger partial charge in [0.1, 0.15) is 12.0 Å². The van der Waals surface area contributed by atoms with E-state index < -0.39 is 0 Å². The predicted octanol–water partition coefficient (Wildman–Crippen LogP) is 3.67. The second-order valence-corrected chi connectivity index (χ2v) is 7.37. The SMILES string of the molecule is COCC(=O)Nc1ccc([C@H]2SCC(=O)N2c2ccc(C)c(C)c2)cc1. The maximum Gasteiger partial charge on any atom is 0.250 e. The van der Waals surface area contributed by atoms with Crippen molar-refractivity contribution in [2.24, 2.45) is 0 Å². The number of thioether (sulfide) groups is 1. The lowest BCUT2D eigenvalue weighted by Crippen LogP contribution is -2.27. The van der Waals surface area contributed by atoms with Crippen molar-refractivity contribution in [3.63, 3.8) is 0 Å². The van der Waals surface area contributed by atoms with E-state index in [2.05, 4.69) is 25.2 Å². The van der Waals surface area contributed by atoms with E-state index in [4.69, 9.17) is 4.74 Å². The fraction of sp³-hybridized carbons (Fsp3) is 0.300. The lowest BCUT2D eigenvalue weighted by atomic mass is 10.1. The highest BCUT2D eigenvalue weighted by Crippen LogP contribution is 2.42. The fourth-order valence-corrected chi connectivity index (χ4v) is 4.06. The van der Waals surface area contributed by atoms with Crippen LogP contribution in [-0.2, 0) is 14.3 Å². The number of benzene rings is 2. The summed E-state index contributed by atoms with van der Waals surface area (Å²) in [5.41, 5.74) is 5.04. The maximum absolute atomic E-state index is 12.5. The van der Waals surface area contributed by atoms with Crippen LogP contribution in [0, 0.1) is 13.8 Å². The van der Waals surface area contributed by atoms with Gasteiger partial charge in [0.05, 0.1) is 5.75 Å². The zero-order valence-electron chi connectivity index (χ0n) is 15.1. The van der Waals surface area contributed by atoms with Crippen molar-refractivity contribution >= 4 is 35.0 Å². The molecule has 2 aromatic rings. The molecule has 6 heteroatoms. The minimum Gasteiger partial charge on any atom is -0.375 e. The zero-order chi connectivity index (χ0) is 18.7. The van der Waals surface area contributed by atoms with Crippen LogP contribution in [0.25, 0.3) is 0 Å². The van der Waals surface area contributed by atoms with Gasteiger partial charge >= 0.3 is 0 Å². The van der Waals surface area contributed by atoms with Crippen molar-refractivity contribution in [1.82, 2.24) is 0 Å². The molecule has 136 valence electrons. The van der Waals surface area contributed by atoms with Gasteiger partial charge in [0.2, 0.25) is 11.8 Å². The summed E-state index contributed by atoms with van der Waals surface area (Å²) in [6.07, 6.45) is 0. The van der Waals surface area contributed by atoms with Crippen molar-refractivity contribution in [2.75, 3.05) is 29.7 Å². The first-order chi connectivity index (χ1) is 12.5. The lowest BCUT2D eigenvalue weighted by molar-refractivity contribution is -0.119. The van der Waals surface area contributed by atoms with Crippen molar-refractivity contribution in [3.8, 4) is 0 Å². The number of rotatable bonds is 5. The summed E-state index contributed by atoms with van der Waals surface area (Å²) in [5.74, 6) is 0.382. The minimum atomic E-state index is -0.192. The van der Waals surface area contributed by atoms with Crippen LogP contribution < -0.4 is 10.2 Å². The Morgan fingerprint density at radius 2 is 1.92 bits per heavy atom. The molecule has 1 saturated heterocycles. The first-order valence-electron chi connectivity index (χ1n) is 8.39. The number of nitrogens with zero attached hydrogens (tertiary/aromatic N) is 1. The monoisotopic (exact) mass is 370 g/mol. The van der Waals surface area contributed by atoms with Crippen molar-refractivity contribution in [3.05, 3.63) is 59.2 Å². The predicted molar refractivity (Wildman–Crippen MR) is 106 cm³/mol. The van der Waals surface area contributed by atoms with E-state index in [-0.39, 0.29) is 23.8 Å². The van der Waals surface area contributed by atoms with Gasteiger partial charge in [-0.1, -0.05) is 18.2 Å². The third kappa shape index (κ3) is 3.92. The standard InChI is InChI=1S/C20H22N2O3S/c1-13-4-9-17(10-14(13)2)22-19(24)12-26-20(22)15-5-7-16(8-6-15)21-18(23)11-25-3/h4-10,20H,11-12H2,1-3H3,(H,21,23)/t20-/m1/s1. The second kappa shape index (κ2) is 7.93. The Morgan fingerprint density at radius 1 is 1.19 bits per heavy atom. The van der Waals surface area contributed by atoms with Crippen molar-refractivity contribution < 1.29 is 14.3 Å². The second-order valence-electron chi connectivity index (χ2n) is 6.30. The number of amides is 2. The zero-order valence-corrected chi connectivity index (χ0v) is 15.9. The van der Waals surface area contributed by atoms with Gasteiger partial charge in [-0.25, -0.2) is 0 Å². The highest BCUT2D eigenvalue weighted by Gasteiger charge is 2.34. The molecule has 26 heavy (non-hydrogen) atoms. The summed E-state index contributed by atoms with van der Waals surface area (Å²) in [4.78, 5) is 25.9. The molecule has 2 amide bonds. The van der Waals surface area contributed by atoms with Crippen LogP contribution >= 0.6 is 11.8 Å². The third-order valence-electron chi connectivity index (χ3n) is 4.39. The van der Waals surface area contributed by atoms with Gasteiger partial charge in [0.25, 0.3) is 0 Å². The van der Waals surface area contributed by atoms with Crippen molar-refractivity contribution in [1.29, 1.82) is 0 Å². The molecule has 0 aromatic heterocycles. The van der Waals surface area contributed by atoms with E-state index in [0.29, 0.717) is 11.4 Å². The number of ether oxygens (including phenoxy) is 1. The van der Waals surface area contributed by atoms with Gasteiger partial charge in [-0.3, -0.25) is 14.5 Å². The summed E-state index contributed by atoms with van der Waals surface area (Å²) in [7, 11) is 1.48. The van der Waals surface area contributed by atoms with Gasteiger partial charge in [-0.05, 0) is 54.8 Å². The Kier molecular flexibility index (Phi) is 5.64. The normalized spacial score (nSPS) is 16.8. The van der Waals surface area contributed by atoms with Gasteiger partial charge in [0, 0.05) is 18.5 Å². The van der Waals surface area contributed by atoms with Gasteiger partial charge in [-0.2, -0.15) is 0 Å². The first kappa shape index (κ1) is 18.5. The highest BCUT2D eigenvalue weighted by molar-refractivity contribution is 8.00. The molecule has 1 fully saturated rings. The molecule has 1 aliphatic heterocycles. The molecule has 1 atom stereocenters. The summed E-state index contributed by atoms with van der Waals surface area (Å²) >= 11 is 1.61. The van der Waals surface area contributed by atoms with E-state index in [0.717, 1.165) is 11.3 Å². The molecule has 2 aromatic carbocycles. The number of aryl methyl sites for hydroxylation is 2. The van der Waals surface area contributed by atoms with Crippen LogP contribution in [0.15, 0.2) is 42.5 Å². The molecule has 1 heterocycles. The fourth-order valence-electron chi connectivity index (χ4n) is 2.88. The van der Waals surface area contributed by atoms with E-state index in [1.165, 1.54) is 18.2 Å². The van der Waals surface area contributed by atoms with E-state index >= 15 is 0 Å². The number of carbonyl (C=O) groups excluding carboxylic acids is 2. The Morgan fingerprint density at radius 3 is 2.58 bits per heavy atom. The number of hydrogen-bond acceptors (Lipinski definition) is 4. The molecule has 1 aliphatic rings. The smallest absolute Gasteiger partial charge is 0.250 e. The molecule has 5 nitrogen and oxygen atoms in total. The summed E-state index contributed by atoms with van der Waals surface area (Å²) in [6, 6.07) is 13.7. The van der Waals surface area contributed by atoms with E-state index in [1.54, 1.807) is 11.8 Å². The van der Waals surface area contributed by atoms with E-state index in [1.807, 2.05) is 41.3 Å². The van der Waals surface area contributed by atoms with Crippen LogP contribution in [0.5, 0.6) is 0 Å². The van der Waals surface area contributed by atoms with Crippen molar-refractivity contribution in [2.45, 2.75) is 19.2 Å². The van der Waals surface area contributed by atoms with Crippen LogP contribution in [0.3, 0.4) is 0 Å². The number of carbonyl (C=O) groups is 2. The van der Waals surface area contributed by atoms with E-state index in [9.17, 15) is 9.59 Å². The van der Waals surface area contributed by atoms with Gasteiger partial charge in [0.15, 0.2) is 0 Å². The van der Waals surface area contributed by atoms with Gasteiger partial charge in [-0.15, -0.1) is 11.8 Å². The minimum absolute atomic E-state index is 0.0231. The highest BCUT2D eigenvalue weighted by atomic mass is 32.2. The molecule has 0 aliphatic carbocycles. The average Bonchev–Trinajstić information content (AvgIpc) is 3.00. The number of hydrogen-bond donors (Lipinski definition) is 1. The maximum atomic E-state index is 12.5. The first-order valence-corrected chi connectivity index (χ1v) is 9.44. The Labute approximate surface area is 157 Å². The molecule has 0 unspecified atom stereocenters. The number of methoxy groups -OCH3 is 1. The summed E-state index contributed by atoms with van der Waals surface area (Å²) in [6.45, 7) is 4.14. The molecular weight excluding hydrogens is 348 g/mol. The van der Waals surface area contributed by atoms with Crippen LogP contribution in [-0.4, -0.2) is 31.3 Å². The quantitative estimate of drug-likeness (QED) is 0.872.